The molecule has 23 heavy (non-hydrogen) atoms. The standard InChI is InChI=1S/C16H14N2O3S2/c1-11-5-3-4-6-14(11)15-16(22-17-18(15)19)12-7-9-13(10-8-12)23(2,20)21/h3-10H,1-2H3. The maximum absolute atomic E-state index is 12.1. The molecule has 0 aliphatic rings. The van der Waals surface area contributed by atoms with Gasteiger partial charge in [-0.1, -0.05) is 30.3 Å². The van der Waals surface area contributed by atoms with Crippen molar-refractivity contribution in [2.24, 2.45) is 0 Å². The van der Waals surface area contributed by atoms with Gasteiger partial charge in [-0.15, -0.1) is 0 Å². The monoisotopic (exact) mass is 346 g/mol. The van der Waals surface area contributed by atoms with Crippen LogP contribution < -0.4 is 4.85 Å². The average molecular weight is 346 g/mol. The van der Waals surface area contributed by atoms with Gasteiger partial charge in [0.2, 0.25) is 0 Å². The van der Waals surface area contributed by atoms with Crippen molar-refractivity contribution in [2.45, 2.75) is 11.8 Å². The van der Waals surface area contributed by atoms with E-state index in [9.17, 15) is 13.6 Å². The van der Waals surface area contributed by atoms with Gasteiger partial charge >= 0.3 is 0 Å². The summed E-state index contributed by atoms with van der Waals surface area (Å²) in [7, 11) is -3.24. The Kier molecular flexibility index (Phi) is 3.91. The zero-order valence-corrected chi connectivity index (χ0v) is 14.2. The van der Waals surface area contributed by atoms with Crippen LogP contribution in [0.3, 0.4) is 0 Å². The Labute approximate surface area is 138 Å². The first-order valence-electron chi connectivity index (χ1n) is 6.84. The van der Waals surface area contributed by atoms with Crippen LogP contribution in [0.5, 0.6) is 0 Å². The highest BCUT2D eigenvalue weighted by molar-refractivity contribution is 7.90. The number of hydrogen-bond acceptors (Lipinski definition) is 5. The molecule has 0 bridgehead atoms. The lowest BCUT2D eigenvalue weighted by Crippen LogP contribution is -2.29. The molecule has 0 spiro atoms. The van der Waals surface area contributed by atoms with Gasteiger partial charge in [-0.2, -0.15) is 0 Å². The van der Waals surface area contributed by atoms with Gasteiger partial charge in [-0.3, -0.25) is 0 Å². The zero-order chi connectivity index (χ0) is 16.6. The zero-order valence-electron chi connectivity index (χ0n) is 12.6. The van der Waals surface area contributed by atoms with Gasteiger partial charge in [0.15, 0.2) is 9.84 Å². The highest BCUT2D eigenvalue weighted by Crippen LogP contribution is 2.34. The second kappa shape index (κ2) is 5.75. The van der Waals surface area contributed by atoms with E-state index in [1.54, 1.807) is 24.3 Å². The molecule has 7 heteroatoms. The van der Waals surface area contributed by atoms with Crippen LogP contribution in [-0.2, 0) is 9.84 Å². The SMILES string of the molecule is Cc1ccccc1-c1c(-c2ccc(S(C)(=O)=O)cc2)sn[n+]1[O-]. The van der Waals surface area contributed by atoms with Crippen molar-refractivity contribution >= 4 is 21.4 Å². The van der Waals surface area contributed by atoms with E-state index in [2.05, 4.69) is 4.49 Å². The quantitative estimate of drug-likeness (QED) is 0.540. The fraction of sp³-hybridized carbons (Fsp3) is 0.125. The second-order valence-corrected chi connectivity index (χ2v) is 8.00. The van der Waals surface area contributed by atoms with Crippen molar-refractivity contribution in [3.8, 4) is 21.7 Å². The van der Waals surface area contributed by atoms with E-state index in [4.69, 9.17) is 0 Å². The topological polar surface area (TPSA) is 74.0 Å². The number of nitrogens with zero attached hydrogens (tertiary/aromatic N) is 2. The summed E-state index contributed by atoms with van der Waals surface area (Å²) >= 11 is 1.10. The largest absolute Gasteiger partial charge is 0.593 e. The molecule has 0 atom stereocenters. The van der Waals surface area contributed by atoms with E-state index in [-0.39, 0.29) is 4.90 Å². The fourth-order valence-electron chi connectivity index (χ4n) is 2.36. The highest BCUT2D eigenvalue weighted by atomic mass is 32.2. The summed E-state index contributed by atoms with van der Waals surface area (Å²) in [5, 5.41) is 12.1. The summed E-state index contributed by atoms with van der Waals surface area (Å²) < 4.78 is 27.0. The van der Waals surface area contributed by atoms with Crippen molar-refractivity contribution in [1.82, 2.24) is 4.49 Å². The lowest BCUT2D eigenvalue weighted by molar-refractivity contribution is -0.649. The number of benzene rings is 2. The molecule has 0 saturated carbocycles. The Morgan fingerprint density at radius 1 is 1.09 bits per heavy atom. The number of sulfone groups is 1. The van der Waals surface area contributed by atoms with E-state index < -0.39 is 9.84 Å². The van der Waals surface area contributed by atoms with Gasteiger partial charge in [-0.05, 0) is 35.5 Å². The summed E-state index contributed by atoms with van der Waals surface area (Å²) in [6, 6.07) is 14.1. The molecule has 0 aliphatic carbocycles. The smallest absolute Gasteiger partial charge is 0.272 e. The lowest BCUT2D eigenvalue weighted by Gasteiger charge is -2.04. The Hall–Kier alpha value is -2.25. The molecule has 3 aromatic rings. The molecule has 0 unspecified atom stereocenters. The van der Waals surface area contributed by atoms with E-state index in [1.165, 1.54) is 6.26 Å². The minimum Gasteiger partial charge on any atom is -0.593 e. The molecule has 0 aliphatic heterocycles. The molecule has 0 radical (unpaired) electrons. The summed E-state index contributed by atoms with van der Waals surface area (Å²) in [6.45, 7) is 1.93. The van der Waals surface area contributed by atoms with Crippen molar-refractivity contribution in [1.29, 1.82) is 0 Å². The molecule has 0 fully saturated rings. The molecule has 2 aromatic carbocycles. The van der Waals surface area contributed by atoms with Crippen molar-refractivity contribution in [3.05, 3.63) is 59.3 Å². The molecule has 118 valence electrons. The summed E-state index contributed by atoms with van der Waals surface area (Å²) in [5.41, 5.74) is 3.05. The summed E-state index contributed by atoms with van der Waals surface area (Å²) in [5.74, 6) is 0. The molecular formula is C16H14N2O3S2. The summed E-state index contributed by atoms with van der Waals surface area (Å²) in [4.78, 5) is 1.58. The van der Waals surface area contributed by atoms with E-state index in [0.29, 0.717) is 15.4 Å². The van der Waals surface area contributed by atoms with Crippen molar-refractivity contribution in [2.75, 3.05) is 6.26 Å². The average Bonchev–Trinajstić information content (AvgIpc) is 2.89. The van der Waals surface area contributed by atoms with E-state index in [1.807, 2.05) is 31.2 Å². The maximum atomic E-state index is 12.1. The minimum absolute atomic E-state index is 0.248. The van der Waals surface area contributed by atoms with E-state index >= 15 is 0 Å². The highest BCUT2D eigenvalue weighted by Gasteiger charge is 2.23. The number of aryl methyl sites for hydroxylation is 1. The first-order valence-corrected chi connectivity index (χ1v) is 9.50. The maximum Gasteiger partial charge on any atom is 0.272 e. The third-order valence-corrected chi connectivity index (χ3v) is 5.53. The van der Waals surface area contributed by atoms with Crippen LogP contribution in [0.15, 0.2) is 53.4 Å². The van der Waals surface area contributed by atoms with Gasteiger partial charge in [-0.25, -0.2) is 8.42 Å². The second-order valence-electron chi connectivity index (χ2n) is 5.24. The van der Waals surface area contributed by atoms with Crippen LogP contribution in [0.1, 0.15) is 5.56 Å². The molecule has 5 nitrogen and oxygen atoms in total. The van der Waals surface area contributed by atoms with Crippen molar-refractivity contribution < 1.29 is 13.3 Å². The Morgan fingerprint density at radius 2 is 1.74 bits per heavy atom. The third-order valence-electron chi connectivity index (χ3n) is 3.56. The van der Waals surface area contributed by atoms with Crippen LogP contribution in [0.25, 0.3) is 21.7 Å². The molecule has 1 aromatic heterocycles. The molecule has 0 N–H and O–H groups in total. The first-order chi connectivity index (χ1) is 10.9. The predicted octanol–water partition coefficient (Wildman–Crippen LogP) is 2.82. The van der Waals surface area contributed by atoms with Crippen LogP contribution in [-0.4, -0.2) is 19.2 Å². The summed E-state index contributed by atoms with van der Waals surface area (Å²) in [6.07, 6.45) is 1.17. The number of hydrogen-bond donors (Lipinski definition) is 0. The number of aromatic nitrogens is 2. The van der Waals surface area contributed by atoms with Crippen LogP contribution >= 0.6 is 11.5 Å². The molecular weight excluding hydrogens is 332 g/mol. The van der Waals surface area contributed by atoms with Crippen LogP contribution in [0.2, 0.25) is 0 Å². The van der Waals surface area contributed by atoms with Crippen LogP contribution in [0, 0.1) is 12.1 Å². The predicted molar refractivity (Wildman–Crippen MR) is 89.8 cm³/mol. The Bertz CT molecular complexity index is 961. The van der Waals surface area contributed by atoms with Crippen molar-refractivity contribution in [3.63, 3.8) is 0 Å². The number of rotatable bonds is 3. The van der Waals surface area contributed by atoms with Crippen LogP contribution in [0.4, 0.5) is 0 Å². The lowest BCUT2D eigenvalue weighted by atomic mass is 10.0. The minimum atomic E-state index is -3.24. The Morgan fingerprint density at radius 3 is 2.35 bits per heavy atom. The molecule has 3 rings (SSSR count). The first kappa shape index (κ1) is 15.6. The Balaban J connectivity index is 2.14. The molecule has 0 amide bonds. The van der Waals surface area contributed by atoms with Gasteiger partial charge in [0.05, 0.1) is 14.9 Å². The van der Waals surface area contributed by atoms with Gasteiger partial charge in [0, 0.05) is 23.4 Å². The van der Waals surface area contributed by atoms with Gasteiger partial charge in [0.1, 0.15) is 4.88 Å². The molecule has 0 saturated heterocycles. The third kappa shape index (κ3) is 2.97. The fourth-order valence-corrected chi connectivity index (χ4v) is 3.74. The van der Waals surface area contributed by atoms with Gasteiger partial charge in [0.25, 0.3) is 5.69 Å². The van der Waals surface area contributed by atoms with E-state index in [0.717, 1.165) is 28.2 Å². The van der Waals surface area contributed by atoms with Gasteiger partial charge < -0.3 is 5.21 Å². The molecule has 1 heterocycles. The normalized spacial score (nSPS) is 11.6.